The lowest BCUT2D eigenvalue weighted by Crippen LogP contribution is -2.62. The normalized spacial score (nSPS) is 40.9. The number of hydrogen-bond acceptors (Lipinski definition) is 18. The van der Waals surface area contributed by atoms with Crippen LogP contribution in [0.3, 0.4) is 0 Å². The van der Waals surface area contributed by atoms with Crippen molar-refractivity contribution in [2.24, 2.45) is 11.8 Å². The van der Waals surface area contributed by atoms with Crippen molar-refractivity contribution in [1.29, 1.82) is 0 Å². The maximum atomic E-state index is 13.1. The van der Waals surface area contributed by atoms with Crippen LogP contribution in [0.4, 0.5) is 0 Å². The van der Waals surface area contributed by atoms with Crippen LogP contribution in [0, 0.1) is 11.8 Å². The number of benzene rings is 1. The Morgan fingerprint density at radius 1 is 0.796 bits per heavy atom. The van der Waals surface area contributed by atoms with Gasteiger partial charge in [0, 0.05) is 32.8 Å². The zero-order valence-electron chi connectivity index (χ0n) is 29.8. The molecule has 1 aromatic rings. The van der Waals surface area contributed by atoms with E-state index in [-0.39, 0.29) is 0 Å². The van der Waals surface area contributed by atoms with Gasteiger partial charge in [-0.05, 0) is 24.6 Å². The summed E-state index contributed by atoms with van der Waals surface area (Å²) in [5.41, 5.74) is -0.589. The fourth-order valence-corrected chi connectivity index (χ4v) is 7.44. The second-order valence-electron chi connectivity index (χ2n) is 13.6. The van der Waals surface area contributed by atoms with Gasteiger partial charge in [-0.3, -0.25) is 14.4 Å². The molecule has 4 fully saturated rings. The number of carbonyl (C=O) groups is 4. The lowest BCUT2D eigenvalue weighted by Gasteiger charge is -2.45. The predicted octanol–water partition coefficient (Wildman–Crippen LogP) is -0.762. The van der Waals surface area contributed by atoms with E-state index in [0.717, 1.165) is 20.8 Å². The molecule has 3 saturated heterocycles. The SMILES string of the molecule is CC(=O)OC[C@H]1O[C@@H](O[C@@H]2OC=C[C@H]3[C@H](O[C@@H]4O[C@@H](C)[C@H](OC(C)=O)[C@@H](OC(=O)C=Cc5ccccc5)[C@H]4OC(C)=O)[C@@H]4O[C@]4(CO)[C@@H]23)[C@H](O)[C@@H](O)[C@@H]1O. The summed E-state index contributed by atoms with van der Waals surface area (Å²) in [5.74, 6) is -4.45. The molecular formula is C36H44O18. The summed E-state index contributed by atoms with van der Waals surface area (Å²) in [6.45, 7) is 4.04. The van der Waals surface area contributed by atoms with Gasteiger partial charge in [-0.15, -0.1) is 0 Å². The third-order valence-corrected chi connectivity index (χ3v) is 9.96. The number of aliphatic hydroxyl groups excluding tert-OH is 4. The molecule has 296 valence electrons. The number of aliphatic hydroxyl groups is 4. The van der Waals surface area contributed by atoms with Crippen molar-refractivity contribution in [2.75, 3.05) is 13.2 Å². The summed E-state index contributed by atoms with van der Waals surface area (Å²) in [4.78, 5) is 49.1. The van der Waals surface area contributed by atoms with Gasteiger partial charge in [0.25, 0.3) is 0 Å². The first-order valence-electron chi connectivity index (χ1n) is 17.4. The Morgan fingerprint density at radius 2 is 1.50 bits per heavy atom. The number of carbonyl (C=O) groups excluding carboxylic acids is 4. The van der Waals surface area contributed by atoms with Gasteiger partial charge in [0.1, 0.15) is 42.7 Å². The lowest BCUT2D eigenvalue weighted by atomic mass is 9.85. The Kier molecular flexibility index (Phi) is 12.1. The number of esters is 4. The maximum absolute atomic E-state index is 13.1. The minimum atomic E-state index is -1.76. The number of hydrogen-bond donors (Lipinski definition) is 4. The van der Waals surface area contributed by atoms with E-state index in [4.69, 9.17) is 47.4 Å². The van der Waals surface area contributed by atoms with Crippen molar-refractivity contribution in [3.8, 4) is 0 Å². The monoisotopic (exact) mass is 764 g/mol. The van der Waals surface area contributed by atoms with Crippen molar-refractivity contribution in [3.63, 3.8) is 0 Å². The van der Waals surface area contributed by atoms with E-state index >= 15 is 0 Å². The first-order chi connectivity index (χ1) is 25.7. The minimum Gasteiger partial charge on any atom is -0.472 e. The standard InChI is InChI=1S/C36H44O18/c1-16-28(48-18(3)39)30(51-23(41)11-10-20-8-6-5-7-9-20)31(49-19(4)40)35(47-16)52-29-21-12-13-45-33(24(21)36(15-37)32(29)54-36)53-34-27(44)26(43)25(42)22(50-34)14-46-17(2)38/h5-13,16,21-22,24-35,37,42-44H,14-15H2,1-4H3/t16-,21+,22+,24+,25+,26-,27+,28-,29-,30+,31+,32-,33-,34-,35-,36+/m0/s1. The van der Waals surface area contributed by atoms with Gasteiger partial charge >= 0.3 is 23.9 Å². The van der Waals surface area contributed by atoms with E-state index in [2.05, 4.69) is 0 Å². The van der Waals surface area contributed by atoms with E-state index in [1.165, 1.54) is 18.4 Å². The Balaban J connectivity index is 1.23. The van der Waals surface area contributed by atoms with Gasteiger partial charge in [-0.25, -0.2) is 4.79 Å². The van der Waals surface area contributed by atoms with Crippen molar-refractivity contribution in [2.45, 2.75) is 113 Å². The molecule has 6 rings (SSSR count). The highest BCUT2D eigenvalue weighted by Crippen LogP contribution is 2.61. The smallest absolute Gasteiger partial charge is 0.331 e. The van der Waals surface area contributed by atoms with Gasteiger partial charge in [0.05, 0.1) is 31.0 Å². The van der Waals surface area contributed by atoms with E-state index in [1.54, 1.807) is 37.3 Å². The largest absolute Gasteiger partial charge is 0.472 e. The molecule has 0 spiro atoms. The quantitative estimate of drug-likeness (QED) is 0.0884. The third kappa shape index (κ3) is 8.17. The molecule has 0 unspecified atom stereocenters. The summed E-state index contributed by atoms with van der Waals surface area (Å²) in [5, 5.41) is 42.3. The second-order valence-corrected chi connectivity index (χ2v) is 13.6. The highest BCUT2D eigenvalue weighted by atomic mass is 16.8. The van der Waals surface area contributed by atoms with Crippen LogP contribution in [0.5, 0.6) is 0 Å². The van der Waals surface area contributed by atoms with Crippen LogP contribution in [0.15, 0.2) is 48.7 Å². The second kappa shape index (κ2) is 16.4. The molecule has 4 N–H and O–H groups in total. The fraction of sp³-hybridized carbons (Fsp3) is 0.611. The fourth-order valence-electron chi connectivity index (χ4n) is 7.44. The van der Waals surface area contributed by atoms with E-state index < -0.39 is 134 Å². The zero-order valence-corrected chi connectivity index (χ0v) is 29.8. The molecule has 54 heavy (non-hydrogen) atoms. The highest BCUT2D eigenvalue weighted by molar-refractivity contribution is 5.87. The van der Waals surface area contributed by atoms with Crippen molar-refractivity contribution < 1.29 is 87.0 Å². The molecule has 16 atom stereocenters. The van der Waals surface area contributed by atoms with E-state index in [9.17, 15) is 39.6 Å². The van der Waals surface area contributed by atoms with Crippen LogP contribution < -0.4 is 0 Å². The van der Waals surface area contributed by atoms with Crippen LogP contribution in [0.25, 0.3) is 6.08 Å². The predicted molar refractivity (Wildman–Crippen MR) is 176 cm³/mol. The number of epoxide rings is 1. The highest BCUT2D eigenvalue weighted by Gasteiger charge is 2.77. The molecule has 0 aromatic heterocycles. The molecule has 1 aromatic carbocycles. The van der Waals surface area contributed by atoms with Gasteiger partial charge < -0.3 is 67.8 Å². The molecule has 0 amide bonds. The Morgan fingerprint density at radius 3 is 2.17 bits per heavy atom. The van der Waals surface area contributed by atoms with Crippen LogP contribution in [-0.2, 0) is 66.5 Å². The van der Waals surface area contributed by atoms with Crippen LogP contribution >= 0.6 is 0 Å². The lowest BCUT2D eigenvalue weighted by molar-refractivity contribution is -0.347. The topological polar surface area (TPSA) is 245 Å². The molecule has 1 aliphatic carbocycles. The van der Waals surface area contributed by atoms with Crippen molar-refractivity contribution in [3.05, 3.63) is 54.3 Å². The number of ether oxygens (including phenoxy) is 10. The Labute approximate surface area is 309 Å². The summed E-state index contributed by atoms with van der Waals surface area (Å²) in [7, 11) is 0. The number of rotatable bonds is 12. The van der Waals surface area contributed by atoms with E-state index in [0.29, 0.717) is 5.56 Å². The van der Waals surface area contributed by atoms with E-state index in [1.807, 2.05) is 6.07 Å². The average molecular weight is 765 g/mol. The third-order valence-electron chi connectivity index (χ3n) is 9.96. The summed E-state index contributed by atoms with van der Waals surface area (Å²) >= 11 is 0. The molecule has 5 aliphatic rings. The Bertz CT molecular complexity index is 1580. The minimum absolute atomic E-state index is 0.444. The van der Waals surface area contributed by atoms with Crippen LogP contribution in [-0.4, -0.2) is 143 Å². The van der Waals surface area contributed by atoms with Gasteiger partial charge in [-0.1, -0.05) is 30.3 Å². The molecule has 18 nitrogen and oxygen atoms in total. The van der Waals surface area contributed by atoms with Crippen LogP contribution in [0.2, 0.25) is 0 Å². The summed E-state index contributed by atoms with van der Waals surface area (Å²) in [6.07, 6.45) is -11.8. The van der Waals surface area contributed by atoms with Gasteiger partial charge in [-0.2, -0.15) is 0 Å². The van der Waals surface area contributed by atoms with Crippen molar-refractivity contribution in [1.82, 2.24) is 0 Å². The summed E-state index contributed by atoms with van der Waals surface area (Å²) < 4.78 is 58.0. The molecular weight excluding hydrogens is 720 g/mol. The molecule has 4 aliphatic heterocycles. The maximum Gasteiger partial charge on any atom is 0.331 e. The number of fused-ring (bicyclic) bond motifs is 3. The molecule has 4 heterocycles. The van der Waals surface area contributed by atoms with Gasteiger partial charge in [0.15, 0.2) is 30.9 Å². The molecule has 18 heteroatoms. The average Bonchev–Trinajstić information content (AvgIpc) is 3.81. The Hall–Kier alpha value is -3.98. The first kappa shape index (κ1) is 39.7. The molecule has 0 radical (unpaired) electrons. The van der Waals surface area contributed by atoms with Crippen LogP contribution in [0.1, 0.15) is 33.3 Å². The molecule has 1 saturated carbocycles. The molecule has 0 bridgehead atoms. The van der Waals surface area contributed by atoms with Crippen molar-refractivity contribution >= 4 is 30.0 Å². The van der Waals surface area contributed by atoms with Gasteiger partial charge in [0.2, 0.25) is 6.29 Å². The zero-order chi connectivity index (χ0) is 38.9. The summed E-state index contributed by atoms with van der Waals surface area (Å²) in [6, 6.07) is 8.94. The first-order valence-corrected chi connectivity index (χ1v) is 17.4.